The molecule has 0 saturated heterocycles. The summed E-state index contributed by atoms with van der Waals surface area (Å²) in [7, 11) is 1.64. The molecule has 0 aromatic heterocycles. The Morgan fingerprint density at radius 3 is 2.76 bits per heavy atom. The quantitative estimate of drug-likeness (QED) is 0.915. The van der Waals surface area contributed by atoms with Crippen LogP contribution in [0.3, 0.4) is 0 Å². The molecule has 3 rings (SSSR count). The van der Waals surface area contributed by atoms with E-state index in [4.69, 9.17) is 14.2 Å². The van der Waals surface area contributed by atoms with Crippen molar-refractivity contribution in [3.8, 4) is 17.2 Å². The fraction of sp³-hybridized carbons (Fsp3) is 0.294. The van der Waals surface area contributed by atoms with E-state index in [1.165, 1.54) is 5.56 Å². The second-order valence-corrected chi connectivity index (χ2v) is 5.05. The maximum atomic E-state index is 5.44. The summed E-state index contributed by atoms with van der Waals surface area (Å²) < 4.78 is 16.2. The van der Waals surface area contributed by atoms with Crippen LogP contribution in [0.5, 0.6) is 17.2 Å². The van der Waals surface area contributed by atoms with Crippen molar-refractivity contribution in [3.63, 3.8) is 0 Å². The first-order valence-electron chi connectivity index (χ1n) is 7.03. The average Bonchev–Trinajstić information content (AvgIpc) is 3.01. The SMILES string of the molecule is COc1cc(CNC(C)c2ccccc2)cc2c1OCO2. The summed E-state index contributed by atoms with van der Waals surface area (Å²) in [6.45, 7) is 3.14. The van der Waals surface area contributed by atoms with Crippen molar-refractivity contribution in [2.24, 2.45) is 0 Å². The molecular formula is C17H19NO3. The zero-order valence-electron chi connectivity index (χ0n) is 12.3. The maximum absolute atomic E-state index is 5.44. The number of methoxy groups -OCH3 is 1. The minimum Gasteiger partial charge on any atom is -0.493 e. The van der Waals surface area contributed by atoms with Crippen LogP contribution in [0.2, 0.25) is 0 Å². The van der Waals surface area contributed by atoms with Gasteiger partial charge in [0, 0.05) is 12.6 Å². The van der Waals surface area contributed by atoms with Crippen LogP contribution in [0.15, 0.2) is 42.5 Å². The van der Waals surface area contributed by atoms with Crippen LogP contribution in [0.25, 0.3) is 0 Å². The third-order valence-electron chi connectivity index (χ3n) is 3.63. The molecule has 4 heteroatoms. The normalized spacial score (nSPS) is 14.0. The van der Waals surface area contributed by atoms with Crippen molar-refractivity contribution in [1.29, 1.82) is 0 Å². The molecule has 0 fully saturated rings. The number of fused-ring (bicyclic) bond motifs is 1. The lowest BCUT2D eigenvalue weighted by Gasteiger charge is -2.15. The molecule has 1 aliphatic rings. The molecule has 2 aromatic carbocycles. The van der Waals surface area contributed by atoms with Gasteiger partial charge in [-0.3, -0.25) is 0 Å². The van der Waals surface area contributed by atoms with Gasteiger partial charge < -0.3 is 19.5 Å². The molecule has 0 spiro atoms. The molecule has 1 aliphatic heterocycles. The van der Waals surface area contributed by atoms with Crippen LogP contribution in [0, 0.1) is 0 Å². The average molecular weight is 285 g/mol. The molecule has 1 unspecified atom stereocenters. The van der Waals surface area contributed by atoms with Gasteiger partial charge in [-0.15, -0.1) is 0 Å². The van der Waals surface area contributed by atoms with Gasteiger partial charge in [-0.05, 0) is 30.2 Å². The molecule has 1 N–H and O–H groups in total. The highest BCUT2D eigenvalue weighted by atomic mass is 16.7. The highest BCUT2D eigenvalue weighted by Gasteiger charge is 2.20. The van der Waals surface area contributed by atoms with E-state index in [2.05, 4.69) is 36.5 Å². The predicted octanol–water partition coefficient (Wildman–Crippen LogP) is 3.27. The van der Waals surface area contributed by atoms with Crippen molar-refractivity contribution in [1.82, 2.24) is 5.32 Å². The van der Waals surface area contributed by atoms with Gasteiger partial charge in [-0.1, -0.05) is 30.3 Å². The molecule has 21 heavy (non-hydrogen) atoms. The lowest BCUT2D eigenvalue weighted by atomic mass is 10.1. The number of ether oxygens (including phenoxy) is 3. The summed E-state index contributed by atoms with van der Waals surface area (Å²) in [5.74, 6) is 2.16. The molecular weight excluding hydrogens is 266 g/mol. The van der Waals surface area contributed by atoms with E-state index in [1.54, 1.807) is 7.11 Å². The first-order chi connectivity index (χ1) is 10.3. The summed E-state index contributed by atoms with van der Waals surface area (Å²) in [4.78, 5) is 0. The van der Waals surface area contributed by atoms with Gasteiger partial charge in [0.15, 0.2) is 11.5 Å². The molecule has 0 radical (unpaired) electrons. The maximum Gasteiger partial charge on any atom is 0.231 e. The standard InChI is InChI=1S/C17H19NO3/c1-12(14-6-4-3-5-7-14)18-10-13-8-15(19-2)17-16(9-13)20-11-21-17/h3-9,12,18H,10-11H2,1-2H3. The van der Waals surface area contributed by atoms with Gasteiger partial charge in [-0.25, -0.2) is 0 Å². The van der Waals surface area contributed by atoms with E-state index < -0.39 is 0 Å². The molecule has 0 aliphatic carbocycles. The van der Waals surface area contributed by atoms with Crippen LogP contribution in [0.1, 0.15) is 24.1 Å². The minimum atomic E-state index is 0.253. The van der Waals surface area contributed by atoms with E-state index in [0.717, 1.165) is 17.9 Å². The second-order valence-electron chi connectivity index (χ2n) is 5.05. The molecule has 1 atom stereocenters. The fourth-order valence-electron chi connectivity index (χ4n) is 2.42. The van der Waals surface area contributed by atoms with Gasteiger partial charge in [0.05, 0.1) is 7.11 Å². The molecule has 2 aromatic rings. The number of hydrogen-bond donors (Lipinski definition) is 1. The zero-order valence-corrected chi connectivity index (χ0v) is 12.3. The van der Waals surface area contributed by atoms with Crippen molar-refractivity contribution in [2.45, 2.75) is 19.5 Å². The Morgan fingerprint density at radius 2 is 2.00 bits per heavy atom. The number of hydrogen-bond acceptors (Lipinski definition) is 4. The van der Waals surface area contributed by atoms with Crippen LogP contribution < -0.4 is 19.5 Å². The largest absolute Gasteiger partial charge is 0.493 e. The van der Waals surface area contributed by atoms with Gasteiger partial charge in [0.25, 0.3) is 0 Å². The van der Waals surface area contributed by atoms with E-state index in [1.807, 2.05) is 18.2 Å². The van der Waals surface area contributed by atoms with Gasteiger partial charge in [-0.2, -0.15) is 0 Å². The lowest BCUT2D eigenvalue weighted by Crippen LogP contribution is -2.18. The third kappa shape index (κ3) is 2.95. The molecule has 0 amide bonds. The summed E-state index contributed by atoms with van der Waals surface area (Å²) in [5, 5.41) is 3.51. The van der Waals surface area contributed by atoms with E-state index in [9.17, 15) is 0 Å². The van der Waals surface area contributed by atoms with Crippen LogP contribution in [-0.4, -0.2) is 13.9 Å². The molecule has 4 nitrogen and oxygen atoms in total. The summed E-state index contributed by atoms with van der Waals surface area (Å²) in [6, 6.07) is 14.6. The highest BCUT2D eigenvalue weighted by Crippen LogP contribution is 2.41. The Labute approximate surface area is 124 Å². The molecule has 110 valence electrons. The van der Waals surface area contributed by atoms with E-state index >= 15 is 0 Å². The summed E-state index contributed by atoms with van der Waals surface area (Å²) in [6.07, 6.45) is 0. The van der Waals surface area contributed by atoms with Gasteiger partial charge >= 0.3 is 0 Å². The van der Waals surface area contributed by atoms with Crippen molar-refractivity contribution in [3.05, 3.63) is 53.6 Å². The van der Waals surface area contributed by atoms with Crippen LogP contribution >= 0.6 is 0 Å². The minimum absolute atomic E-state index is 0.253. The highest BCUT2D eigenvalue weighted by molar-refractivity contribution is 5.55. The Balaban J connectivity index is 1.71. The van der Waals surface area contributed by atoms with E-state index in [0.29, 0.717) is 11.5 Å². The molecule has 0 saturated carbocycles. The predicted molar refractivity (Wildman–Crippen MR) is 80.8 cm³/mol. The van der Waals surface area contributed by atoms with Crippen LogP contribution in [-0.2, 0) is 6.54 Å². The molecule has 1 heterocycles. The van der Waals surface area contributed by atoms with E-state index in [-0.39, 0.29) is 12.8 Å². The lowest BCUT2D eigenvalue weighted by molar-refractivity contribution is 0.171. The van der Waals surface area contributed by atoms with Gasteiger partial charge in [0.1, 0.15) is 0 Å². The molecule has 0 bridgehead atoms. The summed E-state index contributed by atoms with van der Waals surface area (Å²) in [5.41, 5.74) is 2.38. The first kappa shape index (κ1) is 13.8. The summed E-state index contributed by atoms with van der Waals surface area (Å²) >= 11 is 0. The van der Waals surface area contributed by atoms with Crippen LogP contribution in [0.4, 0.5) is 0 Å². The van der Waals surface area contributed by atoms with Crippen molar-refractivity contribution >= 4 is 0 Å². The number of rotatable bonds is 5. The third-order valence-corrected chi connectivity index (χ3v) is 3.63. The number of benzene rings is 2. The number of nitrogens with one attached hydrogen (secondary N) is 1. The monoisotopic (exact) mass is 285 g/mol. The van der Waals surface area contributed by atoms with Crippen molar-refractivity contribution in [2.75, 3.05) is 13.9 Å². The topological polar surface area (TPSA) is 39.7 Å². The smallest absolute Gasteiger partial charge is 0.231 e. The Bertz CT molecular complexity index is 613. The zero-order chi connectivity index (χ0) is 14.7. The Kier molecular flexibility index (Phi) is 3.97. The van der Waals surface area contributed by atoms with Crippen molar-refractivity contribution < 1.29 is 14.2 Å². The first-order valence-corrected chi connectivity index (χ1v) is 7.03. The Morgan fingerprint density at radius 1 is 1.19 bits per heavy atom. The second kappa shape index (κ2) is 6.06. The fourth-order valence-corrected chi connectivity index (χ4v) is 2.42. The van der Waals surface area contributed by atoms with Gasteiger partial charge in [0.2, 0.25) is 12.5 Å². The Hall–Kier alpha value is -2.20.